The summed E-state index contributed by atoms with van der Waals surface area (Å²) in [5, 5.41) is -0.517. The monoisotopic (exact) mass is 485 g/mol. The number of carbonyl (C=O) groups excluding carboxylic acids is 1. The maximum Gasteiger partial charge on any atom is 0.410 e. The van der Waals surface area contributed by atoms with Gasteiger partial charge in [0.15, 0.2) is 9.84 Å². The van der Waals surface area contributed by atoms with Gasteiger partial charge in [-0.2, -0.15) is 0 Å². The fourth-order valence-corrected chi connectivity index (χ4v) is 5.32. The summed E-state index contributed by atoms with van der Waals surface area (Å²) in [5.41, 5.74) is 3.42. The second-order valence-corrected chi connectivity index (χ2v) is 13.0. The second kappa shape index (κ2) is 8.91. The minimum atomic E-state index is -3.12. The fourth-order valence-electron chi connectivity index (χ4n) is 4.67. The van der Waals surface area contributed by atoms with Crippen molar-refractivity contribution in [3.63, 3.8) is 0 Å². The first-order chi connectivity index (χ1) is 15.9. The van der Waals surface area contributed by atoms with Crippen LogP contribution < -0.4 is 4.74 Å². The first-order valence-electron chi connectivity index (χ1n) is 11.9. The van der Waals surface area contributed by atoms with E-state index in [2.05, 4.69) is 12.1 Å². The number of benzene rings is 2. The van der Waals surface area contributed by atoms with Crippen LogP contribution in [0.25, 0.3) is 11.1 Å². The third-order valence-corrected chi connectivity index (χ3v) is 8.48. The normalized spacial score (nSPS) is 18.7. The summed E-state index contributed by atoms with van der Waals surface area (Å²) in [6, 6.07) is 14.0. The Morgan fingerprint density at radius 2 is 1.65 bits per heavy atom. The molecule has 0 aliphatic carbocycles. The van der Waals surface area contributed by atoms with Crippen LogP contribution in [0.1, 0.15) is 63.3 Å². The largest absolute Gasteiger partial charge is 0.487 e. The number of nitrogens with zero attached hydrogens (tertiary/aromatic N) is 1. The molecule has 1 fully saturated rings. The van der Waals surface area contributed by atoms with E-state index in [1.54, 1.807) is 11.8 Å². The van der Waals surface area contributed by atoms with Gasteiger partial charge in [-0.05, 0) is 74.9 Å². The summed E-state index contributed by atoms with van der Waals surface area (Å²) < 4.78 is 35.7. The topological polar surface area (TPSA) is 72.9 Å². The van der Waals surface area contributed by atoms with Gasteiger partial charge in [0.1, 0.15) is 17.0 Å². The van der Waals surface area contributed by atoms with E-state index in [1.807, 2.05) is 51.1 Å². The summed E-state index contributed by atoms with van der Waals surface area (Å²) >= 11 is 0. The number of aryl methyl sites for hydroxylation is 1. The van der Waals surface area contributed by atoms with Gasteiger partial charge in [0.2, 0.25) is 0 Å². The average Bonchev–Trinajstić information content (AvgIpc) is 2.77. The zero-order valence-electron chi connectivity index (χ0n) is 20.8. The number of piperidine rings is 1. The predicted octanol–water partition coefficient (Wildman–Crippen LogP) is 5.55. The third-order valence-electron chi connectivity index (χ3n) is 6.92. The van der Waals surface area contributed by atoms with Gasteiger partial charge in [0, 0.05) is 32.2 Å². The lowest BCUT2D eigenvalue weighted by Gasteiger charge is -2.44. The van der Waals surface area contributed by atoms with Gasteiger partial charge in [-0.25, -0.2) is 13.2 Å². The molecule has 0 N–H and O–H groups in total. The van der Waals surface area contributed by atoms with Crippen molar-refractivity contribution in [1.82, 2.24) is 4.90 Å². The molecule has 1 saturated heterocycles. The molecule has 0 saturated carbocycles. The summed E-state index contributed by atoms with van der Waals surface area (Å²) in [6.07, 6.45) is 4.47. The van der Waals surface area contributed by atoms with E-state index in [0.717, 1.165) is 48.1 Å². The molecule has 7 heteroatoms. The Balaban J connectivity index is 1.43. The molecule has 34 heavy (non-hydrogen) atoms. The van der Waals surface area contributed by atoms with E-state index in [0.29, 0.717) is 13.1 Å². The molecule has 0 radical (unpaired) electrons. The number of amides is 1. The Morgan fingerprint density at radius 1 is 1.03 bits per heavy atom. The van der Waals surface area contributed by atoms with Crippen molar-refractivity contribution >= 4 is 15.9 Å². The molecule has 1 amide bonds. The average molecular weight is 486 g/mol. The Bertz CT molecular complexity index is 1160. The Hall–Kier alpha value is -2.54. The van der Waals surface area contributed by atoms with Gasteiger partial charge in [-0.3, -0.25) is 0 Å². The molecule has 4 rings (SSSR count). The Kier molecular flexibility index (Phi) is 6.44. The van der Waals surface area contributed by atoms with Crippen LogP contribution in [0.2, 0.25) is 0 Å². The van der Waals surface area contributed by atoms with Crippen LogP contribution in [0.4, 0.5) is 4.79 Å². The molecule has 2 aromatic rings. The first-order valence-corrected chi connectivity index (χ1v) is 13.9. The molecule has 0 aromatic heterocycles. The number of hydrogen-bond acceptors (Lipinski definition) is 5. The van der Waals surface area contributed by atoms with Crippen LogP contribution in [-0.2, 0) is 21.0 Å². The van der Waals surface area contributed by atoms with E-state index in [9.17, 15) is 13.2 Å². The van der Waals surface area contributed by atoms with Crippen molar-refractivity contribution in [3.05, 3.63) is 53.6 Å². The SMILES string of the molecule is CC(c1ccc(-c2ccc3c(c2)CCC2(CCN(C(=O)OC(C)(C)C)CC2)O3)cc1)S(C)(=O)=O. The highest BCUT2D eigenvalue weighted by Crippen LogP contribution is 2.41. The van der Waals surface area contributed by atoms with Crippen molar-refractivity contribution < 1.29 is 22.7 Å². The van der Waals surface area contributed by atoms with Gasteiger partial charge in [0.25, 0.3) is 0 Å². The second-order valence-electron chi connectivity index (χ2n) is 10.7. The highest BCUT2D eigenvalue weighted by atomic mass is 32.2. The van der Waals surface area contributed by atoms with Crippen molar-refractivity contribution in [2.45, 2.75) is 69.8 Å². The first kappa shape index (κ1) is 24.6. The summed E-state index contributed by atoms with van der Waals surface area (Å²) in [5.74, 6) is 0.919. The number of ether oxygens (including phenoxy) is 2. The molecule has 2 aliphatic rings. The van der Waals surface area contributed by atoms with Crippen LogP contribution in [0.3, 0.4) is 0 Å². The van der Waals surface area contributed by atoms with Gasteiger partial charge in [0.05, 0.1) is 5.25 Å². The van der Waals surface area contributed by atoms with E-state index in [-0.39, 0.29) is 11.7 Å². The number of hydrogen-bond donors (Lipinski definition) is 0. The number of fused-ring (bicyclic) bond motifs is 1. The third kappa shape index (κ3) is 5.40. The molecule has 1 unspecified atom stereocenters. The summed E-state index contributed by atoms with van der Waals surface area (Å²) in [7, 11) is -3.12. The van der Waals surface area contributed by atoms with Gasteiger partial charge < -0.3 is 14.4 Å². The number of rotatable bonds is 3. The molecule has 1 spiro atoms. The lowest BCUT2D eigenvalue weighted by Crippen LogP contribution is -2.52. The minimum Gasteiger partial charge on any atom is -0.487 e. The van der Waals surface area contributed by atoms with E-state index in [4.69, 9.17) is 9.47 Å². The Morgan fingerprint density at radius 3 is 2.24 bits per heavy atom. The van der Waals surface area contributed by atoms with Crippen molar-refractivity contribution in [2.24, 2.45) is 0 Å². The zero-order chi connectivity index (χ0) is 24.7. The number of likely N-dealkylation sites (tertiary alicyclic amines) is 1. The molecule has 2 aliphatic heterocycles. The van der Waals surface area contributed by atoms with Crippen LogP contribution in [0.5, 0.6) is 5.75 Å². The zero-order valence-corrected chi connectivity index (χ0v) is 21.6. The lowest BCUT2D eigenvalue weighted by atomic mass is 9.82. The lowest BCUT2D eigenvalue weighted by molar-refractivity contribution is -0.0272. The van der Waals surface area contributed by atoms with Gasteiger partial charge >= 0.3 is 6.09 Å². The summed E-state index contributed by atoms with van der Waals surface area (Å²) in [6.45, 7) is 8.65. The standard InChI is InChI=1S/C27H35NO5S/c1-19(34(5,30)31)20-6-8-21(9-7-20)22-10-11-24-23(18-22)12-13-27(32-24)14-16-28(17-15-27)25(29)33-26(2,3)4/h6-11,18-19H,12-17H2,1-5H3. The highest BCUT2D eigenvalue weighted by Gasteiger charge is 2.41. The van der Waals surface area contributed by atoms with Crippen molar-refractivity contribution in [1.29, 1.82) is 0 Å². The minimum absolute atomic E-state index is 0.226. The van der Waals surface area contributed by atoms with Crippen molar-refractivity contribution in [3.8, 4) is 16.9 Å². The number of sulfone groups is 1. The molecule has 2 aromatic carbocycles. The van der Waals surface area contributed by atoms with E-state index >= 15 is 0 Å². The van der Waals surface area contributed by atoms with E-state index in [1.165, 1.54) is 11.8 Å². The van der Waals surface area contributed by atoms with E-state index < -0.39 is 20.7 Å². The summed E-state index contributed by atoms with van der Waals surface area (Å²) in [4.78, 5) is 14.2. The van der Waals surface area contributed by atoms with Crippen LogP contribution in [0, 0.1) is 0 Å². The molecular formula is C27H35NO5S. The quantitative estimate of drug-likeness (QED) is 0.570. The maximum absolute atomic E-state index is 12.4. The predicted molar refractivity (Wildman–Crippen MR) is 134 cm³/mol. The molecule has 6 nitrogen and oxygen atoms in total. The Labute approximate surface area is 203 Å². The van der Waals surface area contributed by atoms with Crippen LogP contribution >= 0.6 is 0 Å². The number of carbonyl (C=O) groups is 1. The van der Waals surface area contributed by atoms with Gasteiger partial charge in [-0.1, -0.05) is 30.3 Å². The molecule has 1 atom stereocenters. The van der Waals surface area contributed by atoms with Crippen LogP contribution in [-0.4, -0.2) is 50.0 Å². The van der Waals surface area contributed by atoms with Crippen LogP contribution in [0.15, 0.2) is 42.5 Å². The van der Waals surface area contributed by atoms with Crippen molar-refractivity contribution in [2.75, 3.05) is 19.3 Å². The molecular weight excluding hydrogens is 450 g/mol. The smallest absolute Gasteiger partial charge is 0.410 e. The molecule has 2 heterocycles. The molecule has 184 valence electrons. The fraction of sp³-hybridized carbons (Fsp3) is 0.519. The highest BCUT2D eigenvalue weighted by molar-refractivity contribution is 7.90. The maximum atomic E-state index is 12.4. The van der Waals surface area contributed by atoms with Gasteiger partial charge in [-0.15, -0.1) is 0 Å². The molecule has 0 bridgehead atoms.